The quantitative estimate of drug-likeness (QED) is 0.343. The molecular formula is C6H8IN3. The second-order valence-corrected chi connectivity index (χ2v) is 3.77. The van der Waals surface area contributed by atoms with Crippen LogP contribution < -0.4 is 5.84 Å². The van der Waals surface area contributed by atoms with Gasteiger partial charge in [0.25, 0.3) is 0 Å². The van der Waals surface area contributed by atoms with Gasteiger partial charge in [-0.05, 0) is 13.7 Å². The van der Waals surface area contributed by atoms with E-state index >= 15 is 0 Å². The van der Waals surface area contributed by atoms with Crippen molar-refractivity contribution in [2.24, 2.45) is 16.2 Å². The van der Waals surface area contributed by atoms with Crippen LogP contribution >= 0.6 is 20.7 Å². The molecule has 0 saturated carbocycles. The van der Waals surface area contributed by atoms with Gasteiger partial charge >= 0.3 is 0 Å². The Morgan fingerprint density at radius 3 is 3.10 bits per heavy atom. The minimum absolute atomic E-state index is 0.140. The largest absolute Gasteiger partial charge is 0.305 e. The molecule has 1 aliphatic heterocycles. The van der Waals surface area contributed by atoms with Crippen LogP contribution in [0.3, 0.4) is 0 Å². The fraction of sp³-hybridized carbons (Fsp3) is 0.167. The molecule has 4 heteroatoms. The highest BCUT2D eigenvalue weighted by Gasteiger charge is 1.90. The molecule has 0 radical (unpaired) electrons. The van der Waals surface area contributed by atoms with Crippen LogP contribution in [0.25, 0.3) is 0 Å². The van der Waals surface area contributed by atoms with E-state index < -0.39 is 0 Å². The van der Waals surface area contributed by atoms with Gasteiger partial charge in [-0.15, -0.1) is 0 Å². The van der Waals surface area contributed by atoms with Gasteiger partial charge in [0.15, 0.2) is 0 Å². The average Bonchev–Trinajstić information content (AvgIpc) is 2.03. The minimum atomic E-state index is 0.140. The Balaban J connectivity index is 2.49. The van der Waals surface area contributed by atoms with Gasteiger partial charge in [0, 0.05) is 0 Å². The Morgan fingerprint density at radius 1 is 1.60 bits per heavy atom. The molecule has 0 amide bonds. The van der Waals surface area contributed by atoms with E-state index in [0.717, 1.165) is 0 Å². The van der Waals surface area contributed by atoms with E-state index in [4.69, 9.17) is 5.84 Å². The van der Waals surface area contributed by atoms with Crippen LogP contribution in [0, 0.1) is 0 Å². The molecule has 0 bridgehead atoms. The van der Waals surface area contributed by atoms with Crippen molar-refractivity contribution in [3.63, 3.8) is 0 Å². The van der Waals surface area contributed by atoms with E-state index in [2.05, 4.69) is 24.5 Å². The molecule has 1 rings (SSSR count). The number of nitrogens with zero attached hydrogens (tertiary/aromatic N) is 2. The lowest BCUT2D eigenvalue weighted by molar-refractivity contribution is 0.951. The zero-order valence-corrected chi connectivity index (χ0v) is 7.52. The van der Waals surface area contributed by atoms with Crippen LogP contribution in [0.2, 0.25) is 0 Å². The summed E-state index contributed by atoms with van der Waals surface area (Å²) in [6.07, 6.45) is 4.10. The molecule has 1 aliphatic rings. The summed E-state index contributed by atoms with van der Waals surface area (Å²) < 4.78 is 4.41. The monoisotopic (exact) mass is 249 g/mol. The van der Waals surface area contributed by atoms with Gasteiger partial charge in [-0.2, -0.15) is 5.11 Å². The van der Waals surface area contributed by atoms with Crippen molar-refractivity contribution in [3.8, 4) is 0 Å². The van der Waals surface area contributed by atoms with Crippen molar-refractivity contribution in [2.75, 3.05) is 6.54 Å². The van der Waals surface area contributed by atoms with Crippen LogP contribution in [0.15, 0.2) is 32.1 Å². The lowest BCUT2D eigenvalue weighted by atomic mass is 10.3. The van der Waals surface area contributed by atoms with Crippen LogP contribution in [-0.4, -0.2) is 10.6 Å². The van der Waals surface area contributed by atoms with Crippen molar-refractivity contribution in [1.82, 2.24) is 0 Å². The Kier molecular flexibility index (Phi) is 3.28. The minimum Gasteiger partial charge on any atom is -0.305 e. The topological polar surface area (TPSA) is 50.7 Å². The molecule has 0 aromatic carbocycles. The number of nitrogens with two attached hydrogens (primary N) is 1. The molecule has 2 N–H and O–H groups in total. The van der Waals surface area contributed by atoms with Gasteiger partial charge in [-0.3, -0.25) is 0 Å². The zero-order valence-electron chi connectivity index (χ0n) is 5.37. The van der Waals surface area contributed by atoms with Crippen molar-refractivity contribution in [3.05, 3.63) is 21.8 Å². The van der Waals surface area contributed by atoms with Crippen LogP contribution in [0.5, 0.6) is 0 Å². The van der Waals surface area contributed by atoms with E-state index in [1.54, 1.807) is 0 Å². The Morgan fingerprint density at radius 2 is 2.50 bits per heavy atom. The first-order chi connectivity index (χ1) is 4.93. The highest BCUT2D eigenvalue weighted by molar-refractivity contribution is 14.2. The third kappa shape index (κ3) is 2.38. The van der Waals surface area contributed by atoms with E-state index in [-0.39, 0.29) is 20.7 Å². The molecule has 0 spiro atoms. The smallest absolute Gasteiger partial charge is 0.0874 e. The first-order valence-corrected chi connectivity index (χ1v) is 5.30. The third-order valence-corrected chi connectivity index (χ3v) is 2.98. The van der Waals surface area contributed by atoms with Gasteiger partial charge in [-0.25, -0.2) is 0 Å². The highest BCUT2D eigenvalue weighted by atomic mass is 127. The molecule has 0 fully saturated rings. The molecule has 3 nitrogen and oxygen atoms in total. The molecule has 0 atom stereocenters. The summed E-state index contributed by atoms with van der Waals surface area (Å²) in [6, 6.07) is 0. The summed E-state index contributed by atoms with van der Waals surface area (Å²) >= 11 is 0.140. The number of halogens is 1. The average molecular weight is 249 g/mol. The Labute approximate surface area is 69.4 Å². The summed E-state index contributed by atoms with van der Waals surface area (Å²) in [7, 11) is 0. The maximum absolute atomic E-state index is 4.85. The number of hydrogen-bond donors (Lipinski definition) is 1. The van der Waals surface area contributed by atoms with Crippen molar-refractivity contribution < 1.29 is 0 Å². The zero-order chi connectivity index (χ0) is 7.23. The molecule has 0 aliphatic carbocycles. The fourth-order valence-electron chi connectivity index (χ4n) is 0.565. The van der Waals surface area contributed by atoms with E-state index in [9.17, 15) is 0 Å². The standard InChI is InChI=1S/C6H8IN3/c8-10-9-5-6-2-1-3-7-4-6/h1-4H,5H2,(H2,8,9). The van der Waals surface area contributed by atoms with E-state index in [0.29, 0.717) is 6.54 Å². The predicted octanol–water partition coefficient (Wildman–Crippen LogP) is 1.54. The summed E-state index contributed by atoms with van der Waals surface area (Å²) in [4.78, 5) is 0. The van der Waals surface area contributed by atoms with Gasteiger partial charge < -0.3 is 5.84 Å². The molecule has 0 saturated heterocycles. The molecule has 0 aromatic rings. The maximum atomic E-state index is 4.85. The first kappa shape index (κ1) is 7.59. The molecule has 1 heterocycles. The summed E-state index contributed by atoms with van der Waals surface area (Å²) in [5.41, 5.74) is 1.23. The van der Waals surface area contributed by atoms with Crippen LogP contribution in [0.4, 0.5) is 0 Å². The summed E-state index contributed by atoms with van der Waals surface area (Å²) in [5, 5.41) is 6.86. The van der Waals surface area contributed by atoms with Crippen LogP contribution in [0.1, 0.15) is 0 Å². The Hall–Kier alpha value is -0.520. The molecule has 0 aromatic heterocycles. The molecular weight excluding hydrogens is 241 g/mol. The van der Waals surface area contributed by atoms with E-state index in [1.807, 2.05) is 6.08 Å². The van der Waals surface area contributed by atoms with E-state index in [1.165, 1.54) is 5.57 Å². The number of rotatable bonds is 2. The number of allylic oxidation sites excluding steroid dienone is 1. The third-order valence-electron chi connectivity index (χ3n) is 0.994. The van der Waals surface area contributed by atoms with Gasteiger partial charge in [0.2, 0.25) is 0 Å². The van der Waals surface area contributed by atoms with Crippen molar-refractivity contribution >= 4 is 24.7 Å². The van der Waals surface area contributed by atoms with Gasteiger partial charge in [0.1, 0.15) is 0 Å². The lowest BCUT2D eigenvalue weighted by Crippen LogP contribution is -1.86. The lowest BCUT2D eigenvalue weighted by Gasteiger charge is -1.95. The van der Waals surface area contributed by atoms with Crippen molar-refractivity contribution in [2.45, 2.75) is 0 Å². The number of hydrogen-bond acceptors (Lipinski definition) is 2. The molecule has 0 unspecified atom stereocenters. The SMILES string of the molecule is NN=NCC1=CI=CC=C1. The normalized spacial score (nSPS) is 17.0. The molecule has 54 valence electrons. The maximum Gasteiger partial charge on any atom is 0.0874 e. The first-order valence-electron chi connectivity index (χ1n) is 2.81. The fourth-order valence-corrected chi connectivity index (χ4v) is 2.09. The van der Waals surface area contributed by atoms with Crippen LogP contribution in [-0.2, 0) is 0 Å². The Bertz CT molecular complexity index is 215. The summed E-state index contributed by atoms with van der Waals surface area (Å²) in [5.74, 6) is 4.85. The highest BCUT2D eigenvalue weighted by Crippen LogP contribution is 2.11. The summed E-state index contributed by atoms with van der Waals surface area (Å²) in [6.45, 7) is 0.626. The van der Waals surface area contributed by atoms with Gasteiger partial charge in [-0.1, -0.05) is 38.1 Å². The predicted molar refractivity (Wildman–Crippen MR) is 51.2 cm³/mol. The molecule has 10 heavy (non-hydrogen) atoms. The van der Waals surface area contributed by atoms with Gasteiger partial charge in [0.05, 0.1) is 6.54 Å². The second-order valence-electron chi connectivity index (χ2n) is 1.71. The van der Waals surface area contributed by atoms with Crippen molar-refractivity contribution in [1.29, 1.82) is 0 Å². The second kappa shape index (κ2) is 4.32.